The molecule has 0 aliphatic heterocycles. The Morgan fingerprint density at radius 3 is 2.70 bits per heavy atom. The third-order valence-corrected chi connectivity index (χ3v) is 3.46. The lowest BCUT2D eigenvalue weighted by Gasteiger charge is -2.07. The van der Waals surface area contributed by atoms with Gasteiger partial charge in [-0.2, -0.15) is 0 Å². The number of benzene rings is 1. The molecule has 2 heterocycles. The van der Waals surface area contributed by atoms with Gasteiger partial charge in [-0.05, 0) is 36.2 Å². The molecule has 5 nitrogen and oxygen atoms in total. The molecule has 6 heteroatoms. The van der Waals surface area contributed by atoms with Gasteiger partial charge in [0, 0.05) is 18.9 Å². The number of nitrogens with zero attached hydrogens (tertiary/aromatic N) is 2. The first-order valence-corrected chi connectivity index (χ1v) is 7.05. The number of hydrogen-bond donors (Lipinski definition) is 1. The fourth-order valence-corrected chi connectivity index (χ4v) is 2.22. The van der Waals surface area contributed by atoms with Crippen molar-refractivity contribution in [2.75, 3.05) is 0 Å². The first-order valence-electron chi connectivity index (χ1n) is 7.05. The standard InChI is InChI=1S/C17H14FN3O2/c1-11-2-7-15-19-9-14(17(23)21(15)10-11)16(22)20-8-12-3-5-13(18)6-4-12/h2-7,9-10H,8H2,1H3,(H,20,22). The summed E-state index contributed by atoms with van der Waals surface area (Å²) in [6, 6.07) is 9.34. The molecule has 23 heavy (non-hydrogen) atoms. The highest BCUT2D eigenvalue weighted by Gasteiger charge is 2.13. The Morgan fingerprint density at radius 2 is 1.96 bits per heavy atom. The van der Waals surface area contributed by atoms with Crippen molar-refractivity contribution >= 4 is 11.6 Å². The summed E-state index contributed by atoms with van der Waals surface area (Å²) in [6.07, 6.45) is 2.91. The average molecular weight is 311 g/mol. The monoisotopic (exact) mass is 311 g/mol. The van der Waals surface area contributed by atoms with Gasteiger partial charge in [-0.1, -0.05) is 18.2 Å². The molecule has 116 valence electrons. The molecule has 1 N–H and O–H groups in total. The molecule has 0 spiro atoms. The van der Waals surface area contributed by atoms with Gasteiger partial charge in [-0.25, -0.2) is 9.37 Å². The molecule has 0 aliphatic carbocycles. The van der Waals surface area contributed by atoms with Crippen molar-refractivity contribution in [2.45, 2.75) is 13.5 Å². The lowest BCUT2D eigenvalue weighted by molar-refractivity contribution is 0.0949. The SMILES string of the molecule is Cc1ccc2ncc(C(=O)NCc3ccc(F)cc3)c(=O)n2c1. The number of hydrogen-bond acceptors (Lipinski definition) is 3. The lowest BCUT2D eigenvalue weighted by atomic mass is 10.2. The van der Waals surface area contributed by atoms with Crippen molar-refractivity contribution < 1.29 is 9.18 Å². The first-order chi connectivity index (χ1) is 11.0. The van der Waals surface area contributed by atoms with Gasteiger partial charge in [0.25, 0.3) is 11.5 Å². The zero-order valence-electron chi connectivity index (χ0n) is 12.4. The fraction of sp³-hybridized carbons (Fsp3) is 0.118. The van der Waals surface area contributed by atoms with E-state index in [1.807, 2.05) is 13.0 Å². The van der Waals surface area contributed by atoms with E-state index in [0.717, 1.165) is 11.1 Å². The van der Waals surface area contributed by atoms with Crippen LogP contribution in [0.1, 0.15) is 21.5 Å². The predicted molar refractivity (Wildman–Crippen MR) is 83.8 cm³/mol. The molecule has 0 radical (unpaired) electrons. The van der Waals surface area contributed by atoms with Crippen molar-refractivity contribution in [3.63, 3.8) is 0 Å². The van der Waals surface area contributed by atoms with Gasteiger partial charge in [-0.15, -0.1) is 0 Å². The number of rotatable bonds is 3. The summed E-state index contributed by atoms with van der Waals surface area (Å²) in [4.78, 5) is 28.7. The van der Waals surface area contributed by atoms with E-state index in [0.29, 0.717) is 5.65 Å². The number of halogens is 1. The number of aromatic nitrogens is 2. The van der Waals surface area contributed by atoms with E-state index in [9.17, 15) is 14.0 Å². The fourth-order valence-electron chi connectivity index (χ4n) is 2.22. The number of carbonyl (C=O) groups excluding carboxylic acids is 1. The minimum absolute atomic E-state index is 0.0322. The number of carbonyl (C=O) groups is 1. The van der Waals surface area contributed by atoms with Crippen LogP contribution in [0.15, 0.2) is 53.6 Å². The summed E-state index contributed by atoms with van der Waals surface area (Å²) in [7, 11) is 0. The van der Waals surface area contributed by atoms with E-state index in [1.165, 1.54) is 22.7 Å². The number of aryl methyl sites for hydroxylation is 1. The van der Waals surface area contributed by atoms with Crippen molar-refractivity contribution in [1.82, 2.24) is 14.7 Å². The van der Waals surface area contributed by atoms with E-state index in [1.54, 1.807) is 24.4 Å². The van der Waals surface area contributed by atoms with Gasteiger partial charge in [0.1, 0.15) is 17.0 Å². The highest BCUT2D eigenvalue weighted by molar-refractivity contribution is 5.93. The third kappa shape index (κ3) is 3.11. The van der Waals surface area contributed by atoms with Gasteiger partial charge in [0.15, 0.2) is 0 Å². The second kappa shape index (κ2) is 6.00. The molecule has 3 rings (SSSR count). The molecule has 0 fully saturated rings. The van der Waals surface area contributed by atoms with Crippen LogP contribution in [0, 0.1) is 12.7 Å². The molecule has 0 aliphatic rings. The van der Waals surface area contributed by atoms with Crippen LogP contribution < -0.4 is 10.9 Å². The van der Waals surface area contributed by atoms with Crippen molar-refractivity contribution in [3.8, 4) is 0 Å². The summed E-state index contributed by atoms with van der Waals surface area (Å²) in [5.74, 6) is -0.852. The summed E-state index contributed by atoms with van der Waals surface area (Å²) >= 11 is 0. The second-order valence-corrected chi connectivity index (χ2v) is 5.22. The Morgan fingerprint density at radius 1 is 1.22 bits per heavy atom. The van der Waals surface area contributed by atoms with Gasteiger partial charge in [0.05, 0.1) is 0 Å². The maximum absolute atomic E-state index is 12.8. The molecule has 3 aromatic rings. The molecule has 1 aromatic carbocycles. The minimum atomic E-state index is -0.511. The van der Waals surface area contributed by atoms with Crippen molar-refractivity contribution in [2.24, 2.45) is 0 Å². The molecule has 1 amide bonds. The van der Waals surface area contributed by atoms with Crippen LogP contribution in [0.5, 0.6) is 0 Å². The van der Waals surface area contributed by atoms with Crippen molar-refractivity contribution in [3.05, 3.63) is 81.7 Å². The Labute approximate surface area is 131 Å². The van der Waals surface area contributed by atoms with E-state index >= 15 is 0 Å². The third-order valence-electron chi connectivity index (χ3n) is 3.46. The van der Waals surface area contributed by atoms with E-state index in [-0.39, 0.29) is 17.9 Å². The van der Waals surface area contributed by atoms with Crippen LogP contribution in [0.25, 0.3) is 5.65 Å². The molecule has 0 saturated carbocycles. The Kier molecular flexibility index (Phi) is 3.89. The molecule has 0 bridgehead atoms. The predicted octanol–water partition coefficient (Wildman–Crippen LogP) is 2.07. The van der Waals surface area contributed by atoms with E-state index in [2.05, 4.69) is 10.3 Å². The maximum atomic E-state index is 12.8. The normalized spacial score (nSPS) is 10.7. The van der Waals surface area contributed by atoms with Gasteiger partial charge in [-0.3, -0.25) is 14.0 Å². The quantitative estimate of drug-likeness (QED) is 0.805. The van der Waals surface area contributed by atoms with E-state index < -0.39 is 11.5 Å². The molecule has 0 atom stereocenters. The summed E-state index contributed by atoms with van der Waals surface area (Å²) < 4.78 is 14.2. The Balaban J connectivity index is 1.84. The molecule has 0 unspecified atom stereocenters. The zero-order chi connectivity index (χ0) is 16.4. The number of nitrogens with one attached hydrogen (secondary N) is 1. The van der Waals surface area contributed by atoms with Crippen LogP contribution in [0.3, 0.4) is 0 Å². The van der Waals surface area contributed by atoms with Crippen LogP contribution in [-0.2, 0) is 6.54 Å². The molecule has 2 aromatic heterocycles. The molecular formula is C17H14FN3O2. The van der Waals surface area contributed by atoms with Crippen LogP contribution in [0.4, 0.5) is 4.39 Å². The summed E-state index contributed by atoms with van der Waals surface area (Å²) in [5.41, 5.74) is 1.66. The van der Waals surface area contributed by atoms with Gasteiger partial charge >= 0.3 is 0 Å². The second-order valence-electron chi connectivity index (χ2n) is 5.22. The topological polar surface area (TPSA) is 63.5 Å². The van der Waals surface area contributed by atoms with Gasteiger partial charge < -0.3 is 5.32 Å². The zero-order valence-corrected chi connectivity index (χ0v) is 12.4. The lowest BCUT2D eigenvalue weighted by Crippen LogP contribution is -2.31. The summed E-state index contributed by atoms with van der Waals surface area (Å²) in [6.45, 7) is 2.06. The number of amides is 1. The van der Waals surface area contributed by atoms with Crippen LogP contribution >= 0.6 is 0 Å². The average Bonchev–Trinajstić information content (AvgIpc) is 2.55. The van der Waals surface area contributed by atoms with E-state index in [4.69, 9.17) is 0 Å². The smallest absolute Gasteiger partial charge is 0.270 e. The maximum Gasteiger partial charge on any atom is 0.270 e. The Hall–Kier alpha value is -3.02. The molecular weight excluding hydrogens is 297 g/mol. The number of pyridine rings is 1. The Bertz CT molecular complexity index is 933. The molecule has 0 saturated heterocycles. The number of fused-ring (bicyclic) bond motifs is 1. The largest absolute Gasteiger partial charge is 0.348 e. The van der Waals surface area contributed by atoms with Crippen LogP contribution in [0.2, 0.25) is 0 Å². The highest BCUT2D eigenvalue weighted by Crippen LogP contribution is 2.04. The van der Waals surface area contributed by atoms with Gasteiger partial charge in [0.2, 0.25) is 0 Å². The first kappa shape index (κ1) is 14.9. The highest BCUT2D eigenvalue weighted by atomic mass is 19.1. The van der Waals surface area contributed by atoms with Crippen LogP contribution in [-0.4, -0.2) is 15.3 Å². The summed E-state index contributed by atoms with van der Waals surface area (Å²) in [5, 5.41) is 2.64. The minimum Gasteiger partial charge on any atom is -0.348 e. The van der Waals surface area contributed by atoms with Crippen molar-refractivity contribution in [1.29, 1.82) is 0 Å².